The van der Waals surface area contributed by atoms with Gasteiger partial charge < -0.3 is 10.1 Å². The summed E-state index contributed by atoms with van der Waals surface area (Å²) in [6, 6.07) is 0.452. The van der Waals surface area contributed by atoms with Crippen molar-refractivity contribution in [2.24, 2.45) is 0 Å². The van der Waals surface area contributed by atoms with E-state index in [0.29, 0.717) is 6.04 Å². The number of methoxy groups -OCH3 is 1. The molecule has 2 nitrogen and oxygen atoms in total. The summed E-state index contributed by atoms with van der Waals surface area (Å²) in [7, 11) is 1.75. The molecule has 0 aromatic rings. The third-order valence-corrected chi connectivity index (χ3v) is 2.57. The average molecular weight is 197 g/mol. The maximum absolute atomic E-state index is 5.33. The minimum absolute atomic E-state index is 0.0402. The van der Waals surface area contributed by atoms with E-state index in [9.17, 15) is 0 Å². The second-order valence-electron chi connectivity index (χ2n) is 4.18. The summed E-state index contributed by atoms with van der Waals surface area (Å²) in [6.07, 6.45) is 8.17. The standard InChI is InChI=1S/C12H23NO/c1-6-8-11(7-2)13-10-9-12(3,4)14-5/h1,11,13H,7-10H2,2-5H3. The molecular weight excluding hydrogens is 174 g/mol. The quantitative estimate of drug-likeness (QED) is 0.632. The molecule has 14 heavy (non-hydrogen) atoms. The van der Waals surface area contributed by atoms with Crippen LogP contribution in [0.5, 0.6) is 0 Å². The van der Waals surface area contributed by atoms with Crippen molar-refractivity contribution in [3.63, 3.8) is 0 Å². The predicted molar refractivity (Wildman–Crippen MR) is 61.2 cm³/mol. The maximum atomic E-state index is 5.33. The fourth-order valence-corrected chi connectivity index (χ4v) is 1.18. The largest absolute Gasteiger partial charge is 0.379 e. The molecule has 1 N–H and O–H groups in total. The second kappa shape index (κ2) is 6.86. The van der Waals surface area contributed by atoms with Crippen molar-refractivity contribution in [2.75, 3.05) is 13.7 Å². The van der Waals surface area contributed by atoms with E-state index < -0.39 is 0 Å². The van der Waals surface area contributed by atoms with Gasteiger partial charge in [-0.25, -0.2) is 0 Å². The molecule has 0 heterocycles. The van der Waals surface area contributed by atoms with Gasteiger partial charge in [0.15, 0.2) is 0 Å². The van der Waals surface area contributed by atoms with Crippen molar-refractivity contribution in [3.8, 4) is 12.3 Å². The molecule has 0 aliphatic carbocycles. The molecule has 0 radical (unpaired) electrons. The molecule has 1 unspecified atom stereocenters. The Hall–Kier alpha value is -0.520. The first-order valence-corrected chi connectivity index (χ1v) is 5.27. The van der Waals surface area contributed by atoms with Crippen molar-refractivity contribution in [2.45, 2.75) is 51.7 Å². The normalized spacial score (nSPS) is 13.6. The lowest BCUT2D eigenvalue weighted by Gasteiger charge is -2.24. The van der Waals surface area contributed by atoms with E-state index in [4.69, 9.17) is 11.2 Å². The van der Waals surface area contributed by atoms with Crippen LogP contribution in [0.2, 0.25) is 0 Å². The van der Waals surface area contributed by atoms with Crippen LogP contribution >= 0.6 is 0 Å². The first-order valence-electron chi connectivity index (χ1n) is 5.27. The van der Waals surface area contributed by atoms with Crippen LogP contribution in [0.1, 0.15) is 40.0 Å². The van der Waals surface area contributed by atoms with Gasteiger partial charge in [0.05, 0.1) is 5.60 Å². The maximum Gasteiger partial charge on any atom is 0.0634 e. The first-order chi connectivity index (χ1) is 6.55. The molecule has 82 valence electrons. The molecule has 0 aromatic heterocycles. The van der Waals surface area contributed by atoms with E-state index in [0.717, 1.165) is 25.8 Å². The van der Waals surface area contributed by atoms with Crippen molar-refractivity contribution < 1.29 is 4.74 Å². The highest BCUT2D eigenvalue weighted by molar-refractivity contribution is 4.89. The molecule has 0 bridgehead atoms. The molecule has 0 aliphatic rings. The Morgan fingerprint density at radius 3 is 2.57 bits per heavy atom. The highest BCUT2D eigenvalue weighted by atomic mass is 16.5. The summed E-state index contributed by atoms with van der Waals surface area (Å²) in [5.41, 5.74) is -0.0402. The second-order valence-corrected chi connectivity index (χ2v) is 4.18. The molecule has 0 amide bonds. The zero-order valence-electron chi connectivity index (χ0n) is 9.89. The topological polar surface area (TPSA) is 21.3 Å². The molecule has 0 spiro atoms. The Kier molecular flexibility index (Phi) is 6.61. The lowest BCUT2D eigenvalue weighted by molar-refractivity contribution is 0.0153. The summed E-state index contributed by atoms with van der Waals surface area (Å²) in [5.74, 6) is 2.69. The van der Waals surface area contributed by atoms with Crippen LogP contribution < -0.4 is 5.32 Å². The molecule has 0 fully saturated rings. The summed E-state index contributed by atoms with van der Waals surface area (Å²) >= 11 is 0. The number of ether oxygens (including phenoxy) is 1. The van der Waals surface area contributed by atoms with Crippen molar-refractivity contribution in [3.05, 3.63) is 0 Å². The van der Waals surface area contributed by atoms with E-state index in [-0.39, 0.29) is 5.60 Å². The SMILES string of the molecule is C#CCC(CC)NCCC(C)(C)OC. The number of nitrogens with one attached hydrogen (secondary N) is 1. The highest BCUT2D eigenvalue weighted by Crippen LogP contribution is 2.11. The summed E-state index contributed by atoms with van der Waals surface area (Å²) in [5, 5.41) is 3.44. The summed E-state index contributed by atoms with van der Waals surface area (Å²) < 4.78 is 5.33. The fraction of sp³-hybridized carbons (Fsp3) is 0.833. The van der Waals surface area contributed by atoms with E-state index in [1.54, 1.807) is 7.11 Å². The van der Waals surface area contributed by atoms with Crippen molar-refractivity contribution >= 4 is 0 Å². The fourth-order valence-electron chi connectivity index (χ4n) is 1.18. The zero-order chi connectivity index (χ0) is 11.0. The van der Waals surface area contributed by atoms with Gasteiger partial charge in [0, 0.05) is 19.6 Å². The van der Waals surface area contributed by atoms with Crippen LogP contribution in [-0.2, 0) is 4.74 Å². The molecule has 0 saturated carbocycles. The van der Waals surface area contributed by atoms with Gasteiger partial charge in [-0.15, -0.1) is 12.3 Å². The third-order valence-electron chi connectivity index (χ3n) is 2.57. The number of rotatable bonds is 7. The Morgan fingerprint density at radius 1 is 1.50 bits per heavy atom. The minimum atomic E-state index is -0.0402. The Balaban J connectivity index is 3.66. The molecule has 0 rings (SSSR count). The van der Waals surface area contributed by atoms with E-state index in [1.807, 2.05) is 0 Å². The highest BCUT2D eigenvalue weighted by Gasteiger charge is 2.15. The monoisotopic (exact) mass is 197 g/mol. The Labute approximate surface area is 88.4 Å². The number of terminal acetylenes is 1. The summed E-state index contributed by atoms with van der Waals surface area (Å²) in [6.45, 7) is 7.30. The van der Waals surface area contributed by atoms with E-state index in [1.165, 1.54) is 0 Å². The van der Waals surface area contributed by atoms with Crippen molar-refractivity contribution in [1.29, 1.82) is 0 Å². The van der Waals surface area contributed by atoms with Crippen LogP contribution in [-0.4, -0.2) is 25.3 Å². The molecule has 0 aromatic carbocycles. The Morgan fingerprint density at radius 2 is 2.14 bits per heavy atom. The van der Waals surface area contributed by atoms with Crippen LogP contribution in [0, 0.1) is 12.3 Å². The lowest BCUT2D eigenvalue weighted by Crippen LogP contribution is -2.34. The number of hydrogen-bond donors (Lipinski definition) is 1. The van der Waals surface area contributed by atoms with Gasteiger partial charge in [0.25, 0.3) is 0 Å². The van der Waals surface area contributed by atoms with Gasteiger partial charge in [-0.05, 0) is 33.2 Å². The molecule has 1 atom stereocenters. The van der Waals surface area contributed by atoms with E-state index in [2.05, 4.69) is 32.0 Å². The van der Waals surface area contributed by atoms with Gasteiger partial charge in [-0.1, -0.05) is 6.92 Å². The zero-order valence-corrected chi connectivity index (χ0v) is 9.89. The Bertz CT molecular complexity index is 181. The van der Waals surface area contributed by atoms with Gasteiger partial charge in [-0.3, -0.25) is 0 Å². The lowest BCUT2D eigenvalue weighted by atomic mass is 10.0. The molecule has 2 heteroatoms. The number of hydrogen-bond acceptors (Lipinski definition) is 2. The van der Waals surface area contributed by atoms with Crippen LogP contribution in [0.3, 0.4) is 0 Å². The van der Waals surface area contributed by atoms with Gasteiger partial charge in [0.2, 0.25) is 0 Å². The van der Waals surface area contributed by atoms with Crippen LogP contribution in [0.25, 0.3) is 0 Å². The van der Waals surface area contributed by atoms with Gasteiger partial charge >= 0.3 is 0 Å². The van der Waals surface area contributed by atoms with Crippen LogP contribution in [0.15, 0.2) is 0 Å². The van der Waals surface area contributed by atoms with Gasteiger partial charge in [-0.2, -0.15) is 0 Å². The minimum Gasteiger partial charge on any atom is -0.379 e. The molecular formula is C12H23NO. The predicted octanol–water partition coefficient (Wildman–Crippen LogP) is 2.19. The smallest absolute Gasteiger partial charge is 0.0634 e. The van der Waals surface area contributed by atoms with Crippen LogP contribution in [0.4, 0.5) is 0 Å². The summed E-state index contributed by atoms with van der Waals surface area (Å²) in [4.78, 5) is 0. The first kappa shape index (κ1) is 13.5. The van der Waals surface area contributed by atoms with E-state index >= 15 is 0 Å². The van der Waals surface area contributed by atoms with Gasteiger partial charge in [0.1, 0.15) is 0 Å². The molecule has 0 saturated heterocycles. The molecule has 0 aliphatic heterocycles. The third kappa shape index (κ3) is 6.01. The average Bonchev–Trinajstić information content (AvgIpc) is 2.16. The van der Waals surface area contributed by atoms with Crippen molar-refractivity contribution in [1.82, 2.24) is 5.32 Å².